The molecule has 0 aliphatic carbocycles. The molecular formula is C25H30N2O3. The number of carbonyl (C=O) groups is 1. The van der Waals surface area contributed by atoms with Crippen molar-refractivity contribution >= 4 is 5.97 Å². The summed E-state index contributed by atoms with van der Waals surface area (Å²) in [6, 6.07) is 14.8. The largest absolute Gasteiger partial charge is 0.478 e. The van der Waals surface area contributed by atoms with Crippen LogP contribution in [0.1, 0.15) is 62.2 Å². The topological polar surface area (TPSA) is 64.2 Å². The van der Waals surface area contributed by atoms with E-state index in [1.54, 1.807) is 12.1 Å². The first kappa shape index (κ1) is 21.6. The third-order valence-corrected chi connectivity index (χ3v) is 5.33. The Kier molecular flexibility index (Phi) is 6.30. The molecule has 0 saturated heterocycles. The SMILES string of the molecule is CCCCn1cc(C(C)(C)C)n(Cc2ccc(-c3ccccc3C(=O)O)cc2)c1=O. The van der Waals surface area contributed by atoms with Gasteiger partial charge in [0.15, 0.2) is 0 Å². The van der Waals surface area contributed by atoms with E-state index >= 15 is 0 Å². The molecule has 1 N–H and O–H groups in total. The van der Waals surface area contributed by atoms with E-state index in [1.807, 2.05) is 51.7 Å². The van der Waals surface area contributed by atoms with Crippen LogP contribution < -0.4 is 5.69 Å². The predicted octanol–water partition coefficient (Wildman–Crippen LogP) is 5.16. The summed E-state index contributed by atoms with van der Waals surface area (Å²) in [4.78, 5) is 24.5. The number of nitrogens with zero attached hydrogens (tertiary/aromatic N) is 2. The Bertz CT molecular complexity index is 1080. The van der Waals surface area contributed by atoms with E-state index in [9.17, 15) is 14.7 Å². The molecule has 5 nitrogen and oxygen atoms in total. The summed E-state index contributed by atoms with van der Waals surface area (Å²) >= 11 is 0. The van der Waals surface area contributed by atoms with Crippen molar-refractivity contribution in [3.05, 3.63) is 82.0 Å². The second-order valence-electron chi connectivity index (χ2n) is 8.73. The van der Waals surface area contributed by atoms with E-state index < -0.39 is 5.97 Å². The minimum absolute atomic E-state index is 0.0219. The highest BCUT2D eigenvalue weighted by atomic mass is 16.4. The van der Waals surface area contributed by atoms with Crippen molar-refractivity contribution in [2.24, 2.45) is 0 Å². The van der Waals surface area contributed by atoms with Gasteiger partial charge in [-0.1, -0.05) is 76.6 Å². The van der Waals surface area contributed by atoms with Gasteiger partial charge >= 0.3 is 11.7 Å². The number of carboxylic acid groups (broad SMARTS) is 1. The number of carboxylic acids is 1. The van der Waals surface area contributed by atoms with Crippen molar-refractivity contribution in [1.82, 2.24) is 9.13 Å². The summed E-state index contributed by atoms with van der Waals surface area (Å²) in [7, 11) is 0. The lowest BCUT2D eigenvalue weighted by Crippen LogP contribution is -2.28. The van der Waals surface area contributed by atoms with Crippen LogP contribution in [0, 0.1) is 0 Å². The number of aromatic carboxylic acids is 1. The highest BCUT2D eigenvalue weighted by molar-refractivity contribution is 5.95. The van der Waals surface area contributed by atoms with E-state index in [4.69, 9.17) is 0 Å². The summed E-state index contributed by atoms with van der Waals surface area (Å²) in [5, 5.41) is 9.44. The van der Waals surface area contributed by atoms with Crippen molar-refractivity contribution < 1.29 is 9.90 Å². The second kappa shape index (κ2) is 8.74. The summed E-state index contributed by atoms with van der Waals surface area (Å²) in [6.45, 7) is 9.70. The van der Waals surface area contributed by atoms with Gasteiger partial charge in [0, 0.05) is 23.9 Å². The zero-order chi connectivity index (χ0) is 21.9. The van der Waals surface area contributed by atoms with Crippen LogP contribution in [0.4, 0.5) is 0 Å². The molecular weight excluding hydrogens is 376 g/mol. The Morgan fingerprint density at radius 1 is 1.03 bits per heavy atom. The van der Waals surface area contributed by atoms with E-state index in [0.29, 0.717) is 12.1 Å². The average molecular weight is 407 g/mol. The molecule has 1 aromatic heterocycles. The molecule has 3 aromatic rings. The Balaban J connectivity index is 1.94. The fourth-order valence-corrected chi connectivity index (χ4v) is 3.66. The Morgan fingerprint density at radius 3 is 2.30 bits per heavy atom. The molecule has 0 saturated carbocycles. The minimum atomic E-state index is -0.940. The van der Waals surface area contributed by atoms with Crippen LogP contribution in [0.5, 0.6) is 0 Å². The molecule has 0 bridgehead atoms. The molecule has 0 unspecified atom stereocenters. The number of hydrogen-bond acceptors (Lipinski definition) is 2. The maximum atomic E-state index is 13.0. The first-order chi connectivity index (χ1) is 14.2. The van der Waals surface area contributed by atoms with Gasteiger partial charge in [-0.15, -0.1) is 0 Å². The lowest BCUT2D eigenvalue weighted by molar-refractivity contribution is 0.0697. The molecule has 0 aliphatic rings. The maximum Gasteiger partial charge on any atom is 0.336 e. The van der Waals surface area contributed by atoms with Crippen molar-refractivity contribution in [3.63, 3.8) is 0 Å². The van der Waals surface area contributed by atoms with Crippen molar-refractivity contribution in [2.45, 2.75) is 59.0 Å². The lowest BCUT2D eigenvalue weighted by atomic mass is 9.92. The summed E-state index contributed by atoms with van der Waals surface area (Å²) < 4.78 is 3.68. The maximum absolute atomic E-state index is 13.0. The van der Waals surface area contributed by atoms with Crippen molar-refractivity contribution in [2.75, 3.05) is 0 Å². The van der Waals surface area contributed by atoms with Gasteiger partial charge in [0.05, 0.1) is 12.1 Å². The number of aromatic nitrogens is 2. The second-order valence-corrected chi connectivity index (χ2v) is 8.73. The van der Waals surface area contributed by atoms with Gasteiger partial charge in [-0.3, -0.25) is 9.13 Å². The predicted molar refractivity (Wildman–Crippen MR) is 120 cm³/mol. The van der Waals surface area contributed by atoms with Crippen LogP contribution >= 0.6 is 0 Å². The van der Waals surface area contributed by atoms with Crippen LogP contribution in [0.3, 0.4) is 0 Å². The lowest BCUT2D eigenvalue weighted by Gasteiger charge is -2.20. The van der Waals surface area contributed by atoms with E-state index in [-0.39, 0.29) is 16.7 Å². The third kappa shape index (κ3) is 4.56. The molecule has 5 heteroatoms. The first-order valence-electron chi connectivity index (χ1n) is 10.4. The van der Waals surface area contributed by atoms with Gasteiger partial charge in [-0.25, -0.2) is 9.59 Å². The highest BCUT2D eigenvalue weighted by Crippen LogP contribution is 2.25. The van der Waals surface area contributed by atoms with Crippen LogP contribution in [-0.4, -0.2) is 20.2 Å². The van der Waals surface area contributed by atoms with Gasteiger partial charge in [-0.05, 0) is 29.2 Å². The zero-order valence-corrected chi connectivity index (χ0v) is 18.2. The fraction of sp³-hybridized carbons (Fsp3) is 0.360. The zero-order valence-electron chi connectivity index (χ0n) is 18.2. The fourth-order valence-electron chi connectivity index (χ4n) is 3.66. The molecule has 0 aliphatic heterocycles. The van der Waals surface area contributed by atoms with Gasteiger partial charge in [-0.2, -0.15) is 0 Å². The molecule has 30 heavy (non-hydrogen) atoms. The normalized spacial score (nSPS) is 11.6. The van der Waals surface area contributed by atoms with Crippen LogP contribution in [0.15, 0.2) is 59.5 Å². The van der Waals surface area contributed by atoms with E-state index in [0.717, 1.165) is 36.2 Å². The summed E-state index contributed by atoms with van der Waals surface area (Å²) in [5.74, 6) is -0.940. The number of benzene rings is 2. The smallest absolute Gasteiger partial charge is 0.336 e. The quantitative estimate of drug-likeness (QED) is 0.589. The number of unbranched alkanes of at least 4 members (excludes halogenated alkanes) is 1. The Labute approximate surface area is 177 Å². The number of rotatable bonds is 7. The average Bonchev–Trinajstić information content (AvgIpc) is 3.03. The van der Waals surface area contributed by atoms with Gasteiger partial charge in [0.1, 0.15) is 0 Å². The van der Waals surface area contributed by atoms with Crippen molar-refractivity contribution in [3.8, 4) is 11.1 Å². The third-order valence-electron chi connectivity index (χ3n) is 5.33. The molecule has 0 amide bonds. The summed E-state index contributed by atoms with van der Waals surface area (Å²) in [6.07, 6.45) is 4.02. The monoisotopic (exact) mass is 406 g/mol. The molecule has 2 aromatic carbocycles. The Hall–Kier alpha value is -3.08. The minimum Gasteiger partial charge on any atom is -0.478 e. The number of hydrogen-bond donors (Lipinski definition) is 1. The van der Waals surface area contributed by atoms with Gasteiger partial charge < -0.3 is 5.11 Å². The molecule has 158 valence electrons. The van der Waals surface area contributed by atoms with Crippen LogP contribution in [0.25, 0.3) is 11.1 Å². The van der Waals surface area contributed by atoms with E-state index in [1.165, 1.54) is 0 Å². The van der Waals surface area contributed by atoms with Crippen LogP contribution in [0.2, 0.25) is 0 Å². The molecule has 3 rings (SSSR count). The molecule has 0 radical (unpaired) electrons. The summed E-state index contributed by atoms with van der Waals surface area (Å²) in [5.41, 5.74) is 3.72. The number of imidazole rings is 1. The molecule has 1 heterocycles. The molecule has 0 atom stereocenters. The molecule has 0 fully saturated rings. The van der Waals surface area contributed by atoms with Crippen LogP contribution in [-0.2, 0) is 18.5 Å². The highest BCUT2D eigenvalue weighted by Gasteiger charge is 2.22. The number of aryl methyl sites for hydroxylation is 1. The van der Waals surface area contributed by atoms with E-state index in [2.05, 4.69) is 27.7 Å². The molecule has 0 spiro atoms. The van der Waals surface area contributed by atoms with Crippen molar-refractivity contribution in [1.29, 1.82) is 0 Å². The standard InChI is InChI=1S/C25H30N2O3/c1-5-6-15-26-17-22(25(2,3)4)27(24(26)30)16-18-11-13-19(14-12-18)20-9-7-8-10-21(20)23(28)29/h7-14,17H,5-6,15-16H2,1-4H3,(H,28,29). The van der Waals surface area contributed by atoms with Gasteiger partial charge in [0.25, 0.3) is 0 Å². The van der Waals surface area contributed by atoms with Gasteiger partial charge in [0.2, 0.25) is 0 Å². The Morgan fingerprint density at radius 2 is 1.70 bits per heavy atom. The first-order valence-corrected chi connectivity index (χ1v) is 10.4.